The van der Waals surface area contributed by atoms with E-state index in [1.165, 1.54) is 19.3 Å². The summed E-state index contributed by atoms with van der Waals surface area (Å²) in [7, 11) is 0. The summed E-state index contributed by atoms with van der Waals surface area (Å²) in [6.07, 6.45) is 4.16. The molecule has 1 aliphatic rings. The van der Waals surface area contributed by atoms with E-state index in [1.807, 2.05) is 0 Å². The first-order chi connectivity index (χ1) is 5.79. The molecule has 1 fully saturated rings. The zero-order valence-electron chi connectivity index (χ0n) is 7.73. The smallest absolute Gasteiger partial charge is 0.216 e. The highest BCUT2D eigenvalue weighted by Gasteiger charge is 2.15. The Hall–Kier alpha value is -0.570. The molecule has 1 saturated carbocycles. The zero-order valence-corrected chi connectivity index (χ0v) is 7.73. The molecule has 2 N–H and O–H groups in total. The van der Waals surface area contributed by atoms with Gasteiger partial charge in [0.05, 0.1) is 0 Å². The van der Waals surface area contributed by atoms with Crippen LogP contribution >= 0.6 is 0 Å². The van der Waals surface area contributed by atoms with E-state index in [9.17, 15) is 4.79 Å². The van der Waals surface area contributed by atoms with Gasteiger partial charge in [0.1, 0.15) is 0 Å². The van der Waals surface area contributed by atoms with E-state index >= 15 is 0 Å². The molecule has 1 aliphatic carbocycles. The van der Waals surface area contributed by atoms with Crippen LogP contribution in [0.1, 0.15) is 26.2 Å². The van der Waals surface area contributed by atoms with Crippen LogP contribution in [0.2, 0.25) is 0 Å². The van der Waals surface area contributed by atoms with Crippen molar-refractivity contribution in [3.63, 3.8) is 0 Å². The normalized spacial score (nSPS) is 17.1. The molecule has 1 rings (SSSR count). The van der Waals surface area contributed by atoms with E-state index in [-0.39, 0.29) is 5.91 Å². The molecule has 0 saturated heterocycles. The minimum atomic E-state index is 0.0560. The third-order valence-electron chi connectivity index (χ3n) is 2.33. The van der Waals surface area contributed by atoms with Crippen molar-refractivity contribution in [2.45, 2.75) is 26.2 Å². The van der Waals surface area contributed by atoms with Crippen LogP contribution in [0.25, 0.3) is 0 Å². The van der Waals surface area contributed by atoms with Gasteiger partial charge >= 0.3 is 0 Å². The predicted octanol–water partition coefficient (Wildman–Crippen LogP) is 0.512. The zero-order chi connectivity index (χ0) is 8.81. The third kappa shape index (κ3) is 3.72. The third-order valence-corrected chi connectivity index (χ3v) is 2.33. The van der Waals surface area contributed by atoms with Gasteiger partial charge in [-0.3, -0.25) is 4.79 Å². The van der Waals surface area contributed by atoms with Gasteiger partial charge in [0.25, 0.3) is 0 Å². The Morgan fingerprint density at radius 3 is 2.67 bits per heavy atom. The number of carbonyl (C=O) groups is 1. The fraction of sp³-hybridized carbons (Fsp3) is 0.889. The van der Waals surface area contributed by atoms with Gasteiger partial charge in [0.2, 0.25) is 5.91 Å². The monoisotopic (exact) mass is 170 g/mol. The highest BCUT2D eigenvalue weighted by molar-refractivity contribution is 5.72. The van der Waals surface area contributed by atoms with Crippen LogP contribution in [0.4, 0.5) is 0 Å². The van der Waals surface area contributed by atoms with E-state index < -0.39 is 0 Å². The van der Waals surface area contributed by atoms with Crippen LogP contribution in [0.3, 0.4) is 0 Å². The van der Waals surface area contributed by atoms with Crippen LogP contribution < -0.4 is 10.6 Å². The number of carbonyl (C=O) groups excluding carboxylic acids is 1. The number of hydrogen-bond donors (Lipinski definition) is 2. The van der Waals surface area contributed by atoms with Gasteiger partial charge in [-0.2, -0.15) is 0 Å². The van der Waals surface area contributed by atoms with Gasteiger partial charge < -0.3 is 10.6 Å². The molecule has 0 aliphatic heterocycles. The van der Waals surface area contributed by atoms with Crippen LogP contribution in [-0.2, 0) is 4.79 Å². The average Bonchev–Trinajstić information content (AvgIpc) is 1.92. The van der Waals surface area contributed by atoms with E-state index in [4.69, 9.17) is 0 Å². The van der Waals surface area contributed by atoms with E-state index in [1.54, 1.807) is 6.92 Å². The van der Waals surface area contributed by atoms with Crippen molar-refractivity contribution >= 4 is 5.91 Å². The summed E-state index contributed by atoms with van der Waals surface area (Å²) in [6.45, 7) is 4.32. The maximum absolute atomic E-state index is 10.5. The second-order valence-electron chi connectivity index (χ2n) is 3.48. The molecule has 0 aromatic heterocycles. The Morgan fingerprint density at radius 2 is 2.17 bits per heavy atom. The topological polar surface area (TPSA) is 41.1 Å². The lowest BCUT2D eigenvalue weighted by atomic mass is 9.85. The molecule has 0 spiro atoms. The van der Waals surface area contributed by atoms with Crippen LogP contribution in [-0.4, -0.2) is 25.5 Å². The minimum Gasteiger partial charge on any atom is -0.355 e. The highest BCUT2D eigenvalue weighted by Crippen LogP contribution is 2.24. The molecule has 0 heterocycles. The summed E-state index contributed by atoms with van der Waals surface area (Å²) in [5.41, 5.74) is 0. The standard InChI is InChI=1S/C9H18N2O/c1-8(12)11-6-5-10-7-9-3-2-4-9/h9-10H,2-7H2,1H3,(H,11,12). The molecule has 3 nitrogen and oxygen atoms in total. The predicted molar refractivity (Wildman–Crippen MR) is 48.9 cm³/mol. The first-order valence-electron chi connectivity index (χ1n) is 4.74. The lowest BCUT2D eigenvalue weighted by Gasteiger charge is -2.25. The fourth-order valence-corrected chi connectivity index (χ4v) is 1.33. The van der Waals surface area contributed by atoms with Crippen molar-refractivity contribution in [2.75, 3.05) is 19.6 Å². The summed E-state index contributed by atoms with van der Waals surface area (Å²) in [5.74, 6) is 0.961. The lowest BCUT2D eigenvalue weighted by molar-refractivity contribution is -0.118. The Labute approximate surface area is 73.9 Å². The van der Waals surface area contributed by atoms with Crippen molar-refractivity contribution in [3.05, 3.63) is 0 Å². The molecule has 3 heteroatoms. The maximum Gasteiger partial charge on any atom is 0.216 e. The molecule has 0 aromatic carbocycles. The molecule has 0 radical (unpaired) electrons. The van der Waals surface area contributed by atoms with Gasteiger partial charge in [0.15, 0.2) is 0 Å². The van der Waals surface area contributed by atoms with Crippen molar-refractivity contribution in [3.8, 4) is 0 Å². The molecular weight excluding hydrogens is 152 g/mol. The Balaban J connectivity index is 1.79. The van der Waals surface area contributed by atoms with Crippen molar-refractivity contribution in [1.82, 2.24) is 10.6 Å². The van der Waals surface area contributed by atoms with Gasteiger partial charge in [-0.05, 0) is 25.3 Å². The summed E-state index contributed by atoms with van der Waals surface area (Å²) in [6, 6.07) is 0. The molecule has 0 unspecified atom stereocenters. The Bertz CT molecular complexity index is 143. The van der Waals surface area contributed by atoms with Gasteiger partial charge in [-0.15, -0.1) is 0 Å². The number of amides is 1. The summed E-state index contributed by atoms with van der Waals surface area (Å²) < 4.78 is 0. The summed E-state index contributed by atoms with van der Waals surface area (Å²) >= 11 is 0. The Morgan fingerprint density at radius 1 is 1.42 bits per heavy atom. The minimum absolute atomic E-state index is 0.0560. The molecule has 0 aromatic rings. The molecular formula is C9H18N2O. The lowest BCUT2D eigenvalue weighted by Crippen LogP contribution is -2.34. The molecule has 70 valence electrons. The molecule has 0 atom stereocenters. The highest BCUT2D eigenvalue weighted by atomic mass is 16.1. The molecule has 0 bridgehead atoms. The fourth-order valence-electron chi connectivity index (χ4n) is 1.33. The first kappa shape index (κ1) is 9.52. The second-order valence-corrected chi connectivity index (χ2v) is 3.48. The Kier molecular flexibility index (Phi) is 4.08. The van der Waals surface area contributed by atoms with Gasteiger partial charge in [0, 0.05) is 20.0 Å². The van der Waals surface area contributed by atoms with E-state index in [0.29, 0.717) is 0 Å². The maximum atomic E-state index is 10.5. The molecule has 12 heavy (non-hydrogen) atoms. The van der Waals surface area contributed by atoms with E-state index in [2.05, 4.69) is 10.6 Å². The van der Waals surface area contributed by atoms with Crippen LogP contribution in [0.15, 0.2) is 0 Å². The quantitative estimate of drug-likeness (QED) is 0.590. The van der Waals surface area contributed by atoms with Crippen LogP contribution in [0.5, 0.6) is 0 Å². The van der Waals surface area contributed by atoms with Crippen molar-refractivity contribution < 1.29 is 4.79 Å². The van der Waals surface area contributed by atoms with Crippen molar-refractivity contribution in [2.24, 2.45) is 5.92 Å². The summed E-state index contributed by atoms with van der Waals surface area (Å²) in [4.78, 5) is 10.5. The van der Waals surface area contributed by atoms with Crippen LogP contribution in [0, 0.1) is 5.92 Å². The number of rotatable bonds is 5. The first-order valence-corrected chi connectivity index (χ1v) is 4.74. The summed E-state index contributed by atoms with van der Waals surface area (Å²) in [5, 5.41) is 6.08. The number of nitrogens with one attached hydrogen (secondary N) is 2. The SMILES string of the molecule is CC(=O)NCCNCC1CCC1. The largest absolute Gasteiger partial charge is 0.355 e. The van der Waals surface area contributed by atoms with E-state index in [0.717, 1.165) is 25.6 Å². The molecule has 1 amide bonds. The van der Waals surface area contributed by atoms with Crippen molar-refractivity contribution in [1.29, 1.82) is 0 Å². The average molecular weight is 170 g/mol. The van der Waals surface area contributed by atoms with Gasteiger partial charge in [-0.1, -0.05) is 6.42 Å². The second kappa shape index (κ2) is 5.14. The van der Waals surface area contributed by atoms with Gasteiger partial charge in [-0.25, -0.2) is 0 Å². The number of hydrogen-bond acceptors (Lipinski definition) is 2.